The van der Waals surface area contributed by atoms with Gasteiger partial charge in [0.15, 0.2) is 0 Å². The quantitative estimate of drug-likeness (QED) is 0.426. The largest absolute Gasteiger partial charge is 0.356 e. The maximum absolute atomic E-state index is 12.2. The number of carbonyl (C=O) groups excluding carboxylic acids is 1. The summed E-state index contributed by atoms with van der Waals surface area (Å²) < 4.78 is 1.20. The number of unbranched alkanes of at least 4 members (excludes halogenated alkanes) is 1. The summed E-state index contributed by atoms with van der Waals surface area (Å²) in [6, 6.07) is 0. The first-order chi connectivity index (χ1) is 9.19. The summed E-state index contributed by atoms with van der Waals surface area (Å²) in [5.41, 5.74) is 0.405. The number of nitrogens with one attached hydrogen (secondary N) is 1. The molecule has 0 aromatic heterocycles. The molecule has 108 valence electrons. The highest BCUT2D eigenvalue weighted by molar-refractivity contribution is 14.1. The van der Waals surface area contributed by atoms with E-state index in [1.165, 1.54) is 49.4 Å². The Morgan fingerprint density at radius 1 is 1.05 bits per heavy atom. The summed E-state index contributed by atoms with van der Waals surface area (Å²) >= 11 is 2.40. The maximum Gasteiger partial charge on any atom is 0.220 e. The van der Waals surface area contributed by atoms with Crippen LogP contribution in [-0.2, 0) is 4.79 Å². The lowest BCUT2D eigenvalue weighted by Crippen LogP contribution is -2.48. The van der Waals surface area contributed by atoms with E-state index in [1.807, 2.05) is 0 Å². The van der Waals surface area contributed by atoms with Gasteiger partial charge in [-0.3, -0.25) is 4.79 Å². The van der Waals surface area contributed by atoms with Gasteiger partial charge in [-0.1, -0.05) is 22.6 Å². The van der Waals surface area contributed by atoms with Gasteiger partial charge in [-0.05, 0) is 79.0 Å². The second-order valence-corrected chi connectivity index (χ2v) is 8.42. The van der Waals surface area contributed by atoms with E-state index in [4.69, 9.17) is 0 Å². The molecule has 4 rings (SSSR count). The van der Waals surface area contributed by atoms with Gasteiger partial charge in [-0.25, -0.2) is 0 Å². The zero-order valence-electron chi connectivity index (χ0n) is 11.8. The van der Waals surface area contributed by atoms with Gasteiger partial charge >= 0.3 is 0 Å². The van der Waals surface area contributed by atoms with Crippen LogP contribution in [0.3, 0.4) is 0 Å². The van der Waals surface area contributed by atoms with E-state index in [-0.39, 0.29) is 0 Å². The van der Waals surface area contributed by atoms with Crippen LogP contribution in [0.4, 0.5) is 0 Å². The van der Waals surface area contributed by atoms with Gasteiger partial charge in [-0.2, -0.15) is 0 Å². The van der Waals surface area contributed by atoms with Crippen LogP contribution in [-0.4, -0.2) is 16.9 Å². The lowest BCUT2D eigenvalue weighted by Gasteiger charge is -2.56. The molecule has 0 spiro atoms. The van der Waals surface area contributed by atoms with Crippen molar-refractivity contribution in [1.82, 2.24) is 5.32 Å². The van der Waals surface area contributed by atoms with Crippen molar-refractivity contribution >= 4 is 28.5 Å². The highest BCUT2D eigenvalue weighted by atomic mass is 127. The van der Waals surface area contributed by atoms with Crippen molar-refractivity contribution in [3.05, 3.63) is 0 Å². The van der Waals surface area contributed by atoms with Gasteiger partial charge in [0.1, 0.15) is 0 Å². The molecule has 4 bridgehead atoms. The number of hydrogen-bond donors (Lipinski definition) is 1. The normalized spacial score (nSPS) is 39.5. The van der Waals surface area contributed by atoms with Gasteiger partial charge in [0.25, 0.3) is 0 Å². The Morgan fingerprint density at radius 3 is 2.16 bits per heavy atom. The lowest BCUT2D eigenvalue weighted by atomic mass is 9.49. The van der Waals surface area contributed by atoms with E-state index in [0.717, 1.165) is 37.1 Å². The Morgan fingerprint density at radius 2 is 1.63 bits per heavy atom. The molecule has 19 heavy (non-hydrogen) atoms. The van der Waals surface area contributed by atoms with Crippen molar-refractivity contribution in [1.29, 1.82) is 0 Å². The molecule has 0 radical (unpaired) electrons. The molecule has 1 amide bonds. The van der Waals surface area contributed by atoms with E-state index in [1.54, 1.807) is 0 Å². The number of hydrogen-bond acceptors (Lipinski definition) is 1. The van der Waals surface area contributed by atoms with Crippen molar-refractivity contribution in [2.45, 2.75) is 57.8 Å². The summed E-state index contributed by atoms with van der Waals surface area (Å²) in [6.07, 6.45) is 11.6. The third kappa shape index (κ3) is 3.27. The minimum absolute atomic E-state index is 0.329. The Hall–Kier alpha value is 0.200. The number of alkyl halides is 1. The van der Waals surface area contributed by atoms with Crippen LogP contribution < -0.4 is 5.32 Å². The minimum atomic E-state index is 0.329. The SMILES string of the molecule is O=C(CC12CC3CC(CC(C3)C1)C2)NCCCCI. The summed E-state index contributed by atoms with van der Waals surface area (Å²) in [7, 11) is 0. The molecule has 2 nitrogen and oxygen atoms in total. The fourth-order valence-electron chi connectivity index (χ4n) is 5.36. The van der Waals surface area contributed by atoms with Gasteiger partial charge in [0.2, 0.25) is 5.91 Å². The highest BCUT2D eigenvalue weighted by Gasteiger charge is 2.51. The molecule has 4 aliphatic carbocycles. The second-order valence-electron chi connectivity index (χ2n) is 7.34. The Kier molecular flexibility index (Phi) is 4.40. The first-order valence-corrected chi connectivity index (χ1v) is 9.54. The minimum Gasteiger partial charge on any atom is -0.356 e. The number of carbonyl (C=O) groups is 1. The monoisotopic (exact) mass is 375 g/mol. The number of halogens is 1. The molecule has 0 saturated heterocycles. The van der Waals surface area contributed by atoms with E-state index < -0.39 is 0 Å². The maximum atomic E-state index is 12.2. The summed E-state index contributed by atoms with van der Waals surface area (Å²) in [4.78, 5) is 12.2. The average Bonchev–Trinajstić information content (AvgIpc) is 2.32. The molecule has 1 N–H and O–H groups in total. The molecule has 4 fully saturated rings. The van der Waals surface area contributed by atoms with Crippen LogP contribution in [0.15, 0.2) is 0 Å². The van der Waals surface area contributed by atoms with Crippen molar-refractivity contribution in [2.75, 3.05) is 11.0 Å². The van der Waals surface area contributed by atoms with Gasteiger partial charge in [-0.15, -0.1) is 0 Å². The van der Waals surface area contributed by atoms with Gasteiger partial charge in [0.05, 0.1) is 0 Å². The molecule has 3 heteroatoms. The fourth-order valence-corrected chi connectivity index (χ4v) is 5.90. The summed E-state index contributed by atoms with van der Waals surface area (Å²) in [5.74, 6) is 3.20. The third-order valence-electron chi connectivity index (χ3n) is 5.58. The highest BCUT2D eigenvalue weighted by Crippen LogP contribution is 2.61. The predicted octanol–water partition coefficient (Wildman–Crippen LogP) is 3.92. The third-order valence-corrected chi connectivity index (χ3v) is 6.35. The first kappa shape index (κ1) is 14.2. The Labute approximate surface area is 130 Å². The lowest BCUT2D eigenvalue weighted by molar-refractivity contribution is -0.129. The predicted molar refractivity (Wildman–Crippen MR) is 86.4 cm³/mol. The molecule has 0 aromatic carbocycles. The molecule has 4 saturated carbocycles. The van der Waals surface area contributed by atoms with E-state index in [0.29, 0.717) is 11.3 Å². The standard InChI is InChI=1S/C16H26INO/c17-3-1-2-4-18-15(19)11-16-8-12-5-13(9-16)7-14(6-12)10-16/h12-14H,1-11H2,(H,18,19). The van der Waals surface area contributed by atoms with Crippen molar-refractivity contribution in [3.8, 4) is 0 Å². The fraction of sp³-hybridized carbons (Fsp3) is 0.938. The summed E-state index contributed by atoms with van der Waals surface area (Å²) in [5, 5.41) is 3.15. The second kappa shape index (κ2) is 5.90. The molecule has 4 aliphatic rings. The van der Waals surface area contributed by atoms with Crippen molar-refractivity contribution in [3.63, 3.8) is 0 Å². The number of rotatable bonds is 6. The summed E-state index contributed by atoms with van der Waals surface area (Å²) in [6.45, 7) is 0.883. The smallest absolute Gasteiger partial charge is 0.220 e. The van der Waals surface area contributed by atoms with E-state index in [9.17, 15) is 4.79 Å². The first-order valence-electron chi connectivity index (χ1n) is 8.02. The molecule has 0 aliphatic heterocycles. The Balaban J connectivity index is 1.50. The van der Waals surface area contributed by atoms with Gasteiger partial charge < -0.3 is 5.32 Å². The van der Waals surface area contributed by atoms with Crippen molar-refractivity contribution in [2.24, 2.45) is 23.2 Å². The topological polar surface area (TPSA) is 29.1 Å². The van der Waals surface area contributed by atoms with E-state index >= 15 is 0 Å². The van der Waals surface area contributed by atoms with Crippen molar-refractivity contribution < 1.29 is 4.79 Å². The molecular weight excluding hydrogens is 349 g/mol. The van der Waals surface area contributed by atoms with Crippen LogP contribution in [0.25, 0.3) is 0 Å². The average molecular weight is 375 g/mol. The molecule has 0 unspecified atom stereocenters. The molecule has 0 heterocycles. The zero-order valence-corrected chi connectivity index (χ0v) is 14.0. The van der Waals surface area contributed by atoms with Gasteiger partial charge in [0, 0.05) is 13.0 Å². The molecule has 0 aromatic rings. The van der Waals surface area contributed by atoms with Crippen LogP contribution in [0.2, 0.25) is 0 Å². The van der Waals surface area contributed by atoms with Crippen LogP contribution in [0, 0.1) is 23.2 Å². The number of amides is 1. The molecular formula is C16H26INO. The zero-order chi connectivity index (χ0) is 13.3. The van der Waals surface area contributed by atoms with Crippen LogP contribution >= 0.6 is 22.6 Å². The molecule has 0 atom stereocenters. The van der Waals surface area contributed by atoms with Crippen LogP contribution in [0.5, 0.6) is 0 Å². The van der Waals surface area contributed by atoms with E-state index in [2.05, 4.69) is 27.9 Å². The van der Waals surface area contributed by atoms with Crippen LogP contribution in [0.1, 0.15) is 57.8 Å². The Bertz CT molecular complexity index is 306.